The largest absolute Gasteiger partial charge is 0.464 e. The Labute approximate surface area is 94.0 Å². The molecule has 0 bridgehead atoms. The first-order valence-corrected chi connectivity index (χ1v) is 5.26. The van der Waals surface area contributed by atoms with Gasteiger partial charge in [0, 0.05) is 11.1 Å². The molecule has 78 valence electrons. The molecular formula is C14H11NO. The third-order valence-electron chi connectivity index (χ3n) is 2.83. The Balaban J connectivity index is 2.11. The molecule has 0 saturated heterocycles. The fourth-order valence-corrected chi connectivity index (χ4v) is 2.05. The van der Waals surface area contributed by atoms with Gasteiger partial charge in [-0.1, -0.05) is 48.5 Å². The van der Waals surface area contributed by atoms with Crippen molar-refractivity contribution in [2.45, 2.75) is 6.10 Å². The van der Waals surface area contributed by atoms with Crippen molar-refractivity contribution in [1.82, 2.24) is 0 Å². The summed E-state index contributed by atoms with van der Waals surface area (Å²) in [4.78, 5) is 0. The van der Waals surface area contributed by atoms with E-state index >= 15 is 0 Å². The zero-order valence-electron chi connectivity index (χ0n) is 8.68. The molecule has 1 atom stereocenters. The van der Waals surface area contributed by atoms with E-state index in [4.69, 9.17) is 10.1 Å². The summed E-state index contributed by atoms with van der Waals surface area (Å²) in [6.07, 6.45) is -0.120. The Morgan fingerprint density at radius 2 is 1.56 bits per heavy atom. The smallest absolute Gasteiger partial charge is 0.214 e. The first-order chi connectivity index (χ1) is 7.86. The fraction of sp³-hybridized carbons (Fsp3) is 0.0714. The van der Waals surface area contributed by atoms with Crippen LogP contribution in [0.25, 0.3) is 0 Å². The number of nitrogens with one attached hydrogen (secondary N) is 1. The lowest BCUT2D eigenvalue weighted by Crippen LogP contribution is -2.00. The highest BCUT2D eigenvalue weighted by atomic mass is 16.5. The van der Waals surface area contributed by atoms with Gasteiger partial charge in [-0.2, -0.15) is 0 Å². The van der Waals surface area contributed by atoms with Gasteiger partial charge >= 0.3 is 0 Å². The number of fused-ring (bicyclic) bond motifs is 1. The number of hydrogen-bond acceptors (Lipinski definition) is 2. The topological polar surface area (TPSA) is 33.1 Å². The maximum absolute atomic E-state index is 7.79. The molecule has 1 aliphatic heterocycles. The van der Waals surface area contributed by atoms with Crippen LogP contribution in [0.2, 0.25) is 0 Å². The summed E-state index contributed by atoms with van der Waals surface area (Å²) in [5.41, 5.74) is 3.08. The van der Waals surface area contributed by atoms with Crippen molar-refractivity contribution < 1.29 is 4.74 Å². The molecule has 2 aromatic carbocycles. The monoisotopic (exact) mass is 209 g/mol. The highest BCUT2D eigenvalue weighted by molar-refractivity contribution is 5.96. The number of hydrogen-bond donors (Lipinski definition) is 1. The van der Waals surface area contributed by atoms with Crippen LogP contribution in [0.1, 0.15) is 22.8 Å². The minimum atomic E-state index is -0.120. The normalized spacial score (nSPS) is 18.0. The summed E-state index contributed by atoms with van der Waals surface area (Å²) in [5.74, 6) is 0.268. The summed E-state index contributed by atoms with van der Waals surface area (Å²) in [6, 6.07) is 17.9. The van der Waals surface area contributed by atoms with Gasteiger partial charge in [-0.25, -0.2) is 0 Å². The Bertz CT molecular complexity index is 533. The molecule has 0 saturated carbocycles. The molecule has 2 heteroatoms. The van der Waals surface area contributed by atoms with Crippen LogP contribution in [-0.4, -0.2) is 5.90 Å². The van der Waals surface area contributed by atoms with Crippen molar-refractivity contribution in [1.29, 1.82) is 5.41 Å². The molecule has 0 aromatic heterocycles. The lowest BCUT2D eigenvalue weighted by Gasteiger charge is -2.10. The van der Waals surface area contributed by atoms with Crippen LogP contribution in [-0.2, 0) is 4.74 Å². The Hall–Kier alpha value is -2.09. The van der Waals surface area contributed by atoms with Crippen LogP contribution < -0.4 is 0 Å². The van der Waals surface area contributed by atoms with E-state index in [2.05, 4.69) is 0 Å². The van der Waals surface area contributed by atoms with Crippen LogP contribution in [0.3, 0.4) is 0 Å². The van der Waals surface area contributed by atoms with E-state index in [1.54, 1.807) is 0 Å². The van der Waals surface area contributed by atoms with Crippen LogP contribution in [0, 0.1) is 5.41 Å². The second-order valence-corrected chi connectivity index (χ2v) is 3.82. The molecule has 16 heavy (non-hydrogen) atoms. The molecule has 1 aliphatic rings. The van der Waals surface area contributed by atoms with E-state index in [1.807, 2.05) is 54.6 Å². The van der Waals surface area contributed by atoms with Crippen molar-refractivity contribution in [3.63, 3.8) is 0 Å². The molecule has 0 amide bonds. The van der Waals surface area contributed by atoms with Crippen molar-refractivity contribution in [2.75, 3.05) is 0 Å². The van der Waals surface area contributed by atoms with Gasteiger partial charge in [-0.15, -0.1) is 0 Å². The molecular weight excluding hydrogens is 198 g/mol. The summed E-state index contributed by atoms with van der Waals surface area (Å²) < 4.78 is 5.60. The molecule has 1 unspecified atom stereocenters. The van der Waals surface area contributed by atoms with Gasteiger partial charge in [-0.05, 0) is 11.6 Å². The second-order valence-electron chi connectivity index (χ2n) is 3.82. The summed E-state index contributed by atoms with van der Waals surface area (Å²) in [6.45, 7) is 0. The fourth-order valence-electron chi connectivity index (χ4n) is 2.05. The molecule has 0 radical (unpaired) electrons. The minimum Gasteiger partial charge on any atom is -0.464 e. The van der Waals surface area contributed by atoms with Gasteiger partial charge in [0.05, 0.1) is 0 Å². The number of benzene rings is 2. The van der Waals surface area contributed by atoms with Crippen LogP contribution in [0.4, 0.5) is 0 Å². The standard InChI is InChI=1S/C14H11NO/c15-14-12-9-5-4-8-11(12)13(16-14)10-6-2-1-3-7-10/h1-9,13,15H. The zero-order chi connectivity index (χ0) is 11.0. The van der Waals surface area contributed by atoms with E-state index in [-0.39, 0.29) is 12.0 Å². The first-order valence-electron chi connectivity index (χ1n) is 5.26. The molecule has 3 rings (SSSR count). The van der Waals surface area contributed by atoms with Gasteiger partial charge < -0.3 is 4.74 Å². The minimum absolute atomic E-state index is 0.120. The van der Waals surface area contributed by atoms with Crippen molar-refractivity contribution in [3.05, 3.63) is 71.3 Å². The Morgan fingerprint density at radius 1 is 0.875 bits per heavy atom. The zero-order valence-corrected chi connectivity index (χ0v) is 8.68. The quantitative estimate of drug-likeness (QED) is 0.769. The molecule has 2 aromatic rings. The van der Waals surface area contributed by atoms with Gasteiger partial charge in [0.2, 0.25) is 5.90 Å². The number of rotatable bonds is 1. The third kappa shape index (κ3) is 1.31. The second kappa shape index (κ2) is 3.49. The molecule has 1 N–H and O–H groups in total. The van der Waals surface area contributed by atoms with Crippen LogP contribution in [0.5, 0.6) is 0 Å². The third-order valence-corrected chi connectivity index (χ3v) is 2.83. The Morgan fingerprint density at radius 3 is 2.38 bits per heavy atom. The maximum atomic E-state index is 7.79. The predicted molar refractivity (Wildman–Crippen MR) is 62.6 cm³/mol. The van der Waals surface area contributed by atoms with Crippen molar-refractivity contribution >= 4 is 5.90 Å². The van der Waals surface area contributed by atoms with E-state index in [9.17, 15) is 0 Å². The molecule has 2 nitrogen and oxygen atoms in total. The van der Waals surface area contributed by atoms with Gasteiger partial charge in [0.15, 0.2) is 6.10 Å². The SMILES string of the molecule is N=C1OC(c2ccccc2)c2ccccc21. The van der Waals surface area contributed by atoms with Crippen molar-refractivity contribution in [2.24, 2.45) is 0 Å². The Kier molecular flexibility index (Phi) is 2.00. The lowest BCUT2D eigenvalue weighted by atomic mass is 9.99. The molecule has 1 heterocycles. The van der Waals surface area contributed by atoms with Crippen LogP contribution >= 0.6 is 0 Å². The predicted octanol–water partition coefficient (Wildman–Crippen LogP) is 3.13. The van der Waals surface area contributed by atoms with Gasteiger partial charge in [0.1, 0.15) is 0 Å². The summed E-state index contributed by atoms with van der Waals surface area (Å²) in [5, 5.41) is 7.79. The highest BCUT2D eigenvalue weighted by Gasteiger charge is 2.28. The van der Waals surface area contributed by atoms with Gasteiger partial charge in [-0.3, -0.25) is 5.41 Å². The molecule has 0 aliphatic carbocycles. The van der Waals surface area contributed by atoms with E-state index in [1.165, 1.54) is 0 Å². The molecule has 0 spiro atoms. The van der Waals surface area contributed by atoms with E-state index in [0.717, 1.165) is 16.7 Å². The van der Waals surface area contributed by atoms with E-state index in [0.29, 0.717) is 0 Å². The summed E-state index contributed by atoms with van der Waals surface area (Å²) in [7, 11) is 0. The summed E-state index contributed by atoms with van der Waals surface area (Å²) >= 11 is 0. The van der Waals surface area contributed by atoms with Gasteiger partial charge in [0.25, 0.3) is 0 Å². The molecule has 0 fully saturated rings. The van der Waals surface area contributed by atoms with Crippen LogP contribution in [0.15, 0.2) is 54.6 Å². The lowest BCUT2D eigenvalue weighted by molar-refractivity contribution is 0.250. The number of ether oxygens (including phenoxy) is 1. The average molecular weight is 209 g/mol. The maximum Gasteiger partial charge on any atom is 0.214 e. The van der Waals surface area contributed by atoms with Crippen molar-refractivity contribution in [3.8, 4) is 0 Å². The highest BCUT2D eigenvalue weighted by Crippen LogP contribution is 2.35. The first kappa shape index (κ1) is 9.16. The van der Waals surface area contributed by atoms with E-state index < -0.39 is 0 Å². The average Bonchev–Trinajstić information content (AvgIpc) is 2.69.